The minimum Gasteiger partial charge on any atom is -0.494 e. The Morgan fingerprint density at radius 3 is 2.67 bits per heavy atom. The van der Waals surface area contributed by atoms with E-state index in [0.717, 1.165) is 23.0 Å². The molecule has 1 heterocycles. The predicted molar refractivity (Wildman–Crippen MR) is 79.0 cm³/mol. The van der Waals surface area contributed by atoms with Gasteiger partial charge in [-0.15, -0.1) is 0 Å². The second kappa shape index (κ2) is 5.61. The van der Waals surface area contributed by atoms with Gasteiger partial charge in [0.1, 0.15) is 10.8 Å². The number of thioether (sulfide) groups is 1. The van der Waals surface area contributed by atoms with Crippen LogP contribution in [0.3, 0.4) is 0 Å². The summed E-state index contributed by atoms with van der Waals surface area (Å²) in [6.45, 7) is 4.30. The summed E-state index contributed by atoms with van der Waals surface area (Å²) < 4.78 is 5.39. The van der Waals surface area contributed by atoms with E-state index in [4.69, 9.17) is 9.73 Å². The smallest absolute Gasteiger partial charge is 0.146 e. The maximum absolute atomic E-state index is 5.39. The largest absolute Gasteiger partial charge is 0.494 e. The number of nitrogens with zero attached hydrogens (tertiary/aromatic N) is 1. The molecule has 0 amide bonds. The van der Waals surface area contributed by atoms with Crippen molar-refractivity contribution in [3.8, 4) is 0 Å². The first-order valence-corrected chi connectivity index (χ1v) is 7.10. The fourth-order valence-corrected chi connectivity index (χ4v) is 2.92. The molecular formula is C15H19NOS. The number of ether oxygens (including phenoxy) is 1. The molecule has 2 rings (SSSR count). The third kappa shape index (κ3) is 3.39. The van der Waals surface area contributed by atoms with Gasteiger partial charge in [-0.25, -0.2) is 0 Å². The van der Waals surface area contributed by atoms with Crippen LogP contribution in [0.4, 0.5) is 0 Å². The maximum atomic E-state index is 5.39. The van der Waals surface area contributed by atoms with Crippen molar-refractivity contribution in [2.75, 3.05) is 7.11 Å². The van der Waals surface area contributed by atoms with Crippen LogP contribution in [0.15, 0.2) is 47.2 Å². The lowest BCUT2D eigenvalue weighted by Crippen LogP contribution is -2.23. The number of methoxy groups -OCH3 is 1. The third-order valence-electron chi connectivity index (χ3n) is 2.84. The van der Waals surface area contributed by atoms with Gasteiger partial charge in [0.15, 0.2) is 0 Å². The molecule has 1 aromatic carbocycles. The lowest BCUT2D eigenvalue weighted by atomic mass is 9.99. The summed E-state index contributed by atoms with van der Waals surface area (Å²) in [6.07, 6.45) is 3.08. The summed E-state index contributed by atoms with van der Waals surface area (Å²) in [7, 11) is 1.71. The highest BCUT2D eigenvalue weighted by Crippen LogP contribution is 2.29. The Hall–Kier alpha value is -1.22. The van der Waals surface area contributed by atoms with Crippen LogP contribution in [0.2, 0.25) is 0 Å². The number of aliphatic imine (C=N–C) groups is 1. The average molecular weight is 261 g/mol. The van der Waals surface area contributed by atoms with Crippen molar-refractivity contribution in [3.05, 3.63) is 47.7 Å². The lowest BCUT2D eigenvalue weighted by molar-refractivity contribution is 0.308. The second-order valence-electron chi connectivity index (χ2n) is 4.98. The molecule has 3 heteroatoms. The van der Waals surface area contributed by atoms with Crippen LogP contribution in [0, 0.1) is 0 Å². The summed E-state index contributed by atoms with van der Waals surface area (Å²) in [4.78, 5) is 4.77. The quantitative estimate of drug-likeness (QED) is 0.819. The Labute approximate surface area is 113 Å². The Kier molecular flexibility index (Phi) is 4.12. The standard InChI is InChI=1S/C15H19NOS/c1-15(2)10-9-13(17-3)14(16-15)18-11-12-7-5-4-6-8-12/h4-9H,10-11H2,1-3H3. The third-order valence-corrected chi connectivity index (χ3v) is 3.88. The van der Waals surface area contributed by atoms with Crippen molar-refractivity contribution in [1.82, 2.24) is 0 Å². The molecule has 0 saturated carbocycles. The molecule has 0 aliphatic carbocycles. The number of rotatable bonds is 3. The van der Waals surface area contributed by atoms with Crippen molar-refractivity contribution in [1.29, 1.82) is 0 Å². The van der Waals surface area contributed by atoms with Crippen molar-refractivity contribution < 1.29 is 4.74 Å². The van der Waals surface area contributed by atoms with Crippen LogP contribution in [0.25, 0.3) is 0 Å². The first kappa shape index (κ1) is 13.2. The zero-order valence-corrected chi connectivity index (χ0v) is 12.0. The van der Waals surface area contributed by atoms with Gasteiger partial charge in [-0.05, 0) is 31.9 Å². The lowest BCUT2D eigenvalue weighted by Gasteiger charge is -2.25. The minimum atomic E-state index is -0.0128. The second-order valence-corrected chi connectivity index (χ2v) is 5.94. The molecule has 0 bridgehead atoms. The normalized spacial score (nSPS) is 17.9. The molecule has 0 aromatic heterocycles. The van der Waals surface area contributed by atoms with Crippen LogP contribution in [-0.2, 0) is 10.5 Å². The topological polar surface area (TPSA) is 21.6 Å². The molecule has 0 unspecified atom stereocenters. The number of hydrogen-bond acceptors (Lipinski definition) is 3. The molecule has 0 saturated heterocycles. The van der Waals surface area contributed by atoms with E-state index in [-0.39, 0.29) is 5.54 Å². The van der Waals surface area contributed by atoms with Gasteiger partial charge >= 0.3 is 0 Å². The summed E-state index contributed by atoms with van der Waals surface area (Å²) in [5.41, 5.74) is 1.30. The molecule has 18 heavy (non-hydrogen) atoms. The van der Waals surface area contributed by atoms with E-state index in [1.807, 2.05) is 6.07 Å². The zero-order valence-electron chi connectivity index (χ0n) is 11.1. The van der Waals surface area contributed by atoms with E-state index in [2.05, 4.69) is 44.2 Å². The van der Waals surface area contributed by atoms with Gasteiger partial charge in [0.25, 0.3) is 0 Å². The van der Waals surface area contributed by atoms with Gasteiger partial charge in [0.2, 0.25) is 0 Å². The first-order valence-electron chi connectivity index (χ1n) is 6.12. The number of hydrogen-bond donors (Lipinski definition) is 0. The Morgan fingerprint density at radius 1 is 1.28 bits per heavy atom. The molecule has 0 radical (unpaired) electrons. The summed E-state index contributed by atoms with van der Waals surface area (Å²) >= 11 is 1.74. The SMILES string of the molecule is COC1=CCC(C)(C)N=C1SCc1ccccc1. The molecule has 1 aliphatic rings. The monoisotopic (exact) mass is 261 g/mol. The molecule has 2 nitrogen and oxygen atoms in total. The predicted octanol–water partition coefficient (Wildman–Crippen LogP) is 4.03. The molecular weight excluding hydrogens is 242 g/mol. The number of benzene rings is 1. The van der Waals surface area contributed by atoms with Gasteiger partial charge in [0.05, 0.1) is 12.6 Å². The van der Waals surface area contributed by atoms with E-state index in [9.17, 15) is 0 Å². The van der Waals surface area contributed by atoms with Crippen molar-refractivity contribution in [2.24, 2.45) is 4.99 Å². The summed E-state index contributed by atoms with van der Waals surface area (Å²) in [5.74, 6) is 1.84. The van der Waals surface area contributed by atoms with E-state index in [0.29, 0.717) is 0 Å². The molecule has 0 spiro atoms. The highest BCUT2D eigenvalue weighted by atomic mass is 32.2. The van der Waals surface area contributed by atoms with Gasteiger partial charge in [-0.2, -0.15) is 0 Å². The van der Waals surface area contributed by atoms with E-state index < -0.39 is 0 Å². The molecule has 0 N–H and O–H groups in total. The fourth-order valence-electron chi connectivity index (χ4n) is 1.81. The van der Waals surface area contributed by atoms with Crippen molar-refractivity contribution >= 4 is 16.8 Å². The van der Waals surface area contributed by atoms with Gasteiger partial charge in [-0.1, -0.05) is 42.1 Å². The van der Waals surface area contributed by atoms with Gasteiger partial charge < -0.3 is 4.74 Å². The average Bonchev–Trinajstić information content (AvgIpc) is 2.37. The molecule has 96 valence electrons. The first-order chi connectivity index (χ1) is 8.61. The molecule has 0 fully saturated rings. The van der Waals surface area contributed by atoms with Crippen molar-refractivity contribution in [3.63, 3.8) is 0 Å². The molecule has 1 aliphatic heterocycles. The van der Waals surface area contributed by atoms with Gasteiger partial charge in [0, 0.05) is 5.75 Å². The van der Waals surface area contributed by atoms with Crippen molar-refractivity contribution in [2.45, 2.75) is 31.6 Å². The van der Waals surface area contributed by atoms with Crippen LogP contribution in [0.5, 0.6) is 0 Å². The highest BCUT2D eigenvalue weighted by molar-refractivity contribution is 8.13. The minimum absolute atomic E-state index is 0.0128. The summed E-state index contributed by atoms with van der Waals surface area (Å²) in [6, 6.07) is 10.4. The zero-order chi connectivity index (χ0) is 13.0. The Bertz CT molecular complexity index is 463. The summed E-state index contributed by atoms with van der Waals surface area (Å²) in [5, 5.41) is 1.01. The van der Waals surface area contributed by atoms with E-state index in [1.54, 1.807) is 18.9 Å². The highest BCUT2D eigenvalue weighted by Gasteiger charge is 2.23. The van der Waals surface area contributed by atoms with Crippen LogP contribution < -0.4 is 0 Å². The molecule has 1 aromatic rings. The Balaban J connectivity index is 2.07. The van der Waals surface area contributed by atoms with Gasteiger partial charge in [-0.3, -0.25) is 4.99 Å². The van der Waals surface area contributed by atoms with E-state index in [1.165, 1.54) is 5.56 Å². The molecule has 0 atom stereocenters. The van der Waals surface area contributed by atoms with Crippen LogP contribution in [0.1, 0.15) is 25.8 Å². The van der Waals surface area contributed by atoms with Crippen LogP contribution in [-0.4, -0.2) is 17.7 Å². The van der Waals surface area contributed by atoms with Crippen LogP contribution >= 0.6 is 11.8 Å². The number of dihydropyridines is 1. The van der Waals surface area contributed by atoms with E-state index >= 15 is 0 Å². The Morgan fingerprint density at radius 2 is 2.00 bits per heavy atom. The maximum Gasteiger partial charge on any atom is 0.146 e. The fraction of sp³-hybridized carbons (Fsp3) is 0.400.